The Hall–Kier alpha value is -3.12. The highest BCUT2D eigenvalue weighted by atomic mass is 14.5. The van der Waals surface area contributed by atoms with Gasteiger partial charge in [0, 0.05) is 0 Å². The van der Waals surface area contributed by atoms with Crippen molar-refractivity contribution in [3.63, 3.8) is 0 Å². The van der Waals surface area contributed by atoms with Crippen molar-refractivity contribution in [2.45, 2.75) is 25.7 Å². The largest absolute Gasteiger partial charge is 0.0774 e. The standard InChI is InChI=1S/C28H22/c1-18-11-14-22-23-15-12-19(2)17-27(23)28(26(22)16-13-18)24-9-5-3-7-20(24)21-8-4-6-10-25(21)28/h3-15,17H,16H2,1-2H3. The molecular weight excluding hydrogens is 336 g/mol. The molecule has 0 bridgehead atoms. The first-order chi connectivity index (χ1) is 13.7. The van der Waals surface area contributed by atoms with Crippen LogP contribution in [0, 0.1) is 6.92 Å². The smallest absolute Gasteiger partial charge is 0.0691 e. The number of allylic oxidation sites excluding steroid dienone is 6. The maximum Gasteiger partial charge on any atom is 0.0691 e. The molecule has 0 aromatic heterocycles. The molecule has 0 heterocycles. The summed E-state index contributed by atoms with van der Waals surface area (Å²) in [4.78, 5) is 0. The van der Waals surface area contributed by atoms with Gasteiger partial charge in [-0.2, -0.15) is 0 Å². The molecule has 1 spiro atoms. The molecule has 3 aliphatic carbocycles. The fraction of sp³-hybridized carbons (Fsp3) is 0.143. The molecule has 28 heavy (non-hydrogen) atoms. The highest BCUT2D eigenvalue weighted by Crippen LogP contribution is 2.63. The first-order valence-electron chi connectivity index (χ1n) is 10.1. The number of hydrogen-bond donors (Lipinski definition) is 0. The molecule has 0 heteroatoms. The fourth-order valence-corrected chi connectivity index (χ4v) is 5.58. The SMILES string of the molecule is CC1=CCC2=C(C=C1)c1ccc(C)cc1C21c2ccccc2-c2ccccc21. The van der Waals surface area contributed by atoms with Crippen LogP contribution in [0.15, 0.2) is 96.1 Å². The second kappa shape index (κ2) is 5.45. The molecule has 0 saturated heterocycles. The van der Waals surface area contributed by atoms with Gasteiger partial charge in [0.15, 0.2) is 0 Å². The van der Waals surface area contributed by atoms with E-state index in [-0.39, 0.29) is 5.41 Å². The average molecular weight is 358 g/mol. The van der Waals surface area contributed by atoms with Crippen molar-refractivity contribution in [3.05, 3.63) is 124 Å². The monoisotopic (exact) mass is 358 g/mol. The summed E-state index contributed by atoms with van der Waals surface area (Å²) in [6.45, 7) is 4.42. The molecule has 0 unspecified atom stereocenters. The Morgan fingerprint density at radius 3 is 2.07 bits per heavy atom. The Morgan fingerprint density at radius 1 is 0.679 bits per heavy atom. The molecule has 0 fully saturated rings. The molecule has 6 rings (SSSR count). The lowest BCUT2D eigenvalue weighted by Crippen LogP contribution is -2.27. The van der Waals surface area contributed by atoms with Gasteiger partial charge in [0.05, 0.1) is 5.41 Å². The summed E-state index contributed by atoms with van der Waals surface area (Å²) >= 11 is 0. The van der Waals surface area contributed by atoms with E-state index in [1.807, 2.05) is 0 Å². The minimum absolute atomic E-state index is 0.171. The van der Waals surface area contributed by atoms with Crippen LogP contribution in [0.2, 0.25) is 0 Å². The zero-order valence-corrected chi connectivity index (χ0v) is 16.3. The van der Waals surface area contributed by atoms with Crippen molar-refractivity contribution in [2.75, 3.05) is 0 Å². The first-order valence-corrected chi connectivity index (χ1v) is 10.1. The summed E-state index contributed by atoms with van der Waals surface area (Å²) in [6, 6.07) is 25.1. The van der Waals surface area contributed by atoms with E-state index in [1.54, 1.807) is 0 Å². The molecule has 0 atom stereocenters. The minimum Gasteiger partial charge on any atom is -0.0774 e. The quantitative estimate of drug-likeness (QED) is 0.406. The van der Waals surface area contributed by atoms with Crippen LogP contribution in [0.1, 0.15) is 41.2 Å². The first kappa shape index (κ1) is 15.9. The van der Waals surface area contributed by atoms with Gasteiger partial charge in [-0.25, -0.2) is 0 Å². The summed E-state index contributed by atoms with van der Waals surface area (Å²) in [5.41, 5.74) is 13.9. The van der Waals surface area contributed by atoms with Crippen molar-refractivity contribution in [2.24, 2.45) is 0 Å². The third-order valence-corrected chi connectivity index (χ3v) is 6.74. The highest BCUT2D eigenvalue weighted by molar-refractivity contribution is 5.97. The molecule has 0 amide bonds. The van der Waals surface area contributed by atoms with Gasteiger partial charge in [0.2, 0.25) is 0 Å². The number of rotatable bonds is 0. The van der Waals surface area contributed by atoms with Crippen molar-refractivity contribution in [1.82, 2.24) is 0 Å². The Labute approximate surface area is 166 Å². The van der Waals surface area contributed by atoms with E-state index in [9.17, 15) is 0 Å². The van der Waals surface area contributed by atoms with E-state index in [0.717, 1.165) is 6.42 Å². The normalized spacial score (nSPS) is 17.7. The van der Waals surface area contributed by atoms with Crippen molar-refractivity contribution < 1.29 is 0 Å². The van der Waals surface area contributed by atoms with E-state index in [1.165, 1.54) is 55.7 Å². The van der Waals surface area contributed by atoms with Gasteiger partial charge in [-0.15, -0.1) is 0 Å². The number of hydrogen-bond acceptors (Lipinski definition) is 0. The van der Waals surface area contributed by atoms with Crippen LogP contribution in [0.3, 0.4) is 0 Å². The van der Waals surface area contributed by atoms with Gasteiger partial charge < -0.3 is 0 Å². The van der Waals surface area contributed by atoms with E-state index in [4.69, 9.17) is 0 Å². The summed E-state index contributed by atoms with van der Waals surface area (Å²) in [5.74, 6) is 0. The summed E-state index contributed by atoms with van der Waals surface area (Å²) < 4.78 is 0. The van der Waals surface area contributed by atoms with Gasteiger partial charge in [-0.3, -0.25) is 0 Å². The average Bonchev–Trinajstić information content (AvgIpc) is 3.07. The van der Waals surface area contributed by atoms with Crippen molar-refractivity contribution in [3.8, 4) is 11.1 Å². The molecule has 0 nitrogen and oxygen atoms in total. The van der Waals surface area contributed by atoms with Gasteiger partial charge in [-0.1, -0.05) is 96.1 Å². The molecule has 0 aliphatic heterocycles. The molecule has 134 valence electrons. The molecule has 3 aliphatic rings. The van der Waals surface area contributed by atoms with Gasteiger partial charge >= 0.3 is 0 Å². The number of aryl methyl sites for hydroxylation is 1. The van der Waals surface area contributed by atoms with Crippen LogP contribution in [0.25, 0.3) is 16.7 Å². The molecule has 0 saturated carbocycles. The predicted molar refractivity (Wildman–Crippen MR) is 117 cm³/mol. The number of fused-ring (bicyclic) bond motifs is 9. The third-order valence-electron chi connectivity index (χ3n) is 6.74. The van der Waals surface area contributed by atoms with E-state index in [2.05, 4.69) is 98.8 Å². The van der Waals surface area contributed by atoms with E-state index >= 15 is 0 Å². The second-order valence-electron chi connectivity index (χ2n) is 8.27. The lowest BCUT2D eigenvalue weighted by Gasteiger charge is -2.32. The predicted octanol–water partition coefficient (Wildman–Crippen LogP) is 6.98. The van der Waals surface area contributed by atoms with Gasteiger partial charge in [0.1, 0.15) is 0 Å². The van der Waals surface area contributed by atoms with Crippen molar-refractivity contribution in [1.29, 1.82) is 0 Å². The molecule has 0 N–H and O–H groups in total. The van der Waals surface area contributed by atoms with Crippen molar-refractivity contribution >= 4 is 5.57 Å². The van der Waals surface area contributed by atoms with E-state index < -0.39 is 0 Å². The highest BCUT2D eigenvalue weighted by Gasteiger charge is 2.52. The zero-order valence-electron chi connectivity index (χ0n) is 16.3. The molecule has 0 radical (unpaired) electrons. The maximum atomic E-state index is 2.42. The van der Waals surface area contributed by atoms with Crippen LogP contribution in [-0.4, -0.2) is 0 Å². The van der Waals surface area contributed by atoms with Crippen LogP contribution in [0.5, 0.6) is 0 Å². The zero-order chi connectivity index (χ0) is 18.9. The third kappa shape index (κ3) is 1.81. The molecule has 3 aromatic carbocycles. The summed E-state index contributed by atoms with van der Waals surface area (Å²) in [5, 5.41) is 0. The Kier molecular flexibility index (Phi) is 3.09. The summed E-state index contributed by atoms with van der Waals surface area (Å²) in [7, 11) is 0. The minimum atomic E-state index is -0.171. The van der Waals surface area contributed by atoms with Gasteiger partial charge in [0.25, 0.3) is 0 Å². The van der Waals surface area contributed by atoms with Crippen LogP contribution >= 0.6 is 0 Å². The summed E-state index contributed by atoms with van der Waals surface area (Å²) in [6.07, 6.45) is 8.01. The molecule has 3 aromatic rings. The Balaban J connectivity index is 1.82. The van der Waals surface area contributed by atoms with Crippen LogP contribution < -0.4 is 0 Å². The topological polar surface area (TPSA) is 0 Å². The lowest BCUT2D eigenvalue weighted by molar-refractivity contribution is 0.745. The second-order valence-corrected chi connectivity index (χ2v) is 8.27. The van der Waals surface area contributed by atoms with Crippen LogP contribution in [0.4, 0.5) is 0 Å². The Bertz CT molecular complexity index is 1200. The number of benzene rings is 3. The van der Waals surface area contributed by atoms with E-state index in [0.29, 0.717) is 0 Å². The Morgan fingerprint density at radius 2 is 1.36 bits per heavy atom. The lowest BCUT2D eigenvalue weighted by atomic mass is 9.68. The van der Waals surface area contributed by atoms with Gasteiger partial charge in [-0.05, 0) is 64.8 Å². The van der Waals surface area contributed by atoms with Crippen LogP contribution in [-0.2, 0) is 5.41 Å². The fourth-order valence-electron chi connectivity index (χ4n) is 5.58. The molecular formula is C28H22. The maximum absolute atomic E-state index is 2.42.